The molecule has 0 fully saturated rings. The van der Waals surface area contributed by atoms with Crippen molar-refractivity contribution in [1.29, 1.82) is 0 Å². The van der Waals surface area contributed by atoms with Gasteiger partial charge in [-0.05, 0) is 13.8 Å². The molecule has 0 unspecified atom stereocenters. The average molecular weight is 267 g/mol. The van der Waals surface area contributed by atoms with Crippen molar-refractivity contribution in [1.82, 2.24) is 14.8 Å². The molecular weight excluding hydrogens is 254 g/mol. The molecule has 2 aromatic heterocycles. The first-order chi connectivity index (χ1) is 8.40. The summed E-state index contributed by atoms with van der Waals surface area (Å²) in [5, 5.41) is 20.8. The van der Waals surface area contributed by atoms with Crippen molar-refractivity contribution in [2.45, 2.75) is 19.4 Å². The predicted octanol–water partition coefficient (Wildman–Crippen LogP) is 2.13. The normalized spacial score (nSPS) is 11.5. The Bertz CT molecular complexity index is 561. The molecular formula is C10H13N5O2S. The summed E-state index contributed by atoms with van der Waals surface area (Å²) in [5.74, 6) is 0.253. The number of aryl methyl sites for hydroxylation is 1. The first kappa shape index (κ1) is 12.5. The SMILES string of the molecule is Cn1cc([N+](=O)[O-])c(NC(C)(C)c2nccs2)n1. The van der Waals surface area contributed by atoms with Crippen LogP contribution in [-0.4, -0.2) is 19.7 Å². The molecule has 7 nitrogen and oxygen atoms in total. The molecule has 0 saturated heterocycles. The van der Waals surface area contributed by atoms with Crippen LogP contribution >= 0.6 is 11.3 Å². The van der Waals surface area contributed by atoms with E-state index in [2.05, 4.69) is 15.4 Å². The highest BCUT2D eigenvalue weighted by atomic mass is 32.1. The lowest BCUT2D eigenvalue weighted by Gasteiger charge is -2.23. The number of aromatic nitrogens is 3. The summed E-state index contributed by atoms with van der Waals surface area (Å²) in [6.45, 7) is 3.81. The second-order valence-electron chi connectivity index (χ2n) is 4.38. The Morgan fingerprint density at radius 1 is 1.56 bits per heavy atom. The van der Waals surface area contributed by atoms with Gasteiger partial charge in [-0.3, -0.25) is 14.8 Å². The van der Waals surface area contributed by atoms with Gasteiger partial charge in [-0.25, -0.2) is 4.98 Å². The lowest BCUT2D eigenvalue weighted by atomic mass is 10.1. The summed E-state index contributed by atoms with van der Waals surface area (Å²) in [6.07, 6.45) is 3.08. The number of anilines is 1. The van der Waals surface area contributed by atoms with E-state index in [4.69, 9.17) is 0 Å². The number of rotatable bonds is 4. The van der Waals surface area contributed by atoms with E-state index >= 15 is 0 Å². The molecule has 0 aliphatic heterocycles. The number of nitrogens with zero attached hydrogens (tertiary/aromatic N) is 4. The van der Waals surface area contributed by atoms with Gasteiger partial charge in [0.2, 0.25) is 5.82 Å². The van der Waals surface area contributed by atoms with Crippen LogP contribution in [0.15, 0.2) is 17.8 Å². The third-order valence-electron chi connectivity index (χ3n) is 2.40. The molecule has 0 spiro atoms. The summed E-state index contributed by atoms with van der Waals surface area (Å²) in [7, 11) is 1.65. The molecule has 0 aliphatic rings. The second-order valence-corrected chi connectivity index (χ2v) is 5.28. The van der Waals surface area contributed by atoms with Gasteiger partial charge in [0.25, 0.3) is 0 Å². The van der Waals surface area contributed by atoms with Crippen LogP contribution in [0, 0.1) is 10.1 Å². The van der Waals surface area contributed by atoms with Crippen LogP contribution in [-0.2, 0) is 12.6 Å². The number of thiazole rings is 1. The molecule has 0 saturated carbocycles. The van der Waals surface area contributed by atoms with Crippen molar-refractivity contribution in [3.8, 4) is 0 Å². The van der Waals surface area contributed by atoms with Crippen molar-refractivity contribution < 1.29 is 4.92 Å². The lowest BCUT2D eigenvalue weighted by Crippen LogP contribution is -2.28. The Hall–Kier alpha value is -1.96. The van der Waals surface area contributed by atoms with E-state index in [0.717, 1.165) is 5.01 Å². The van der Waals surface area contributed by atoms with Crippen LogP contribution in [0.4, 0.5) is 11.5 Å². The van der Waals surface area contributed by atoms with E-state index in [1.165, 1.54) is 22.2 Å². The molecule has 18 heavy (non-hydrogen) atoms. The van der Waals surface area contributed by atoms with Gasteiger partial charge in [0, 0.05) is 18.6 Å². The molecule has 0 amide bonds. The average Bonchev–Trinajstić information content (AvgIpc) is 2.86. The zero-order chi connectivity index (χ0) is 13.3. The summed E-state index contributed by atoms with van der Waals surface area (Å²) in [5.41, 5.74) is -0.546. The molecule has 0 aliphatic carbocycles. The van der Waals surface area contributed by atoms with Crippen molar-refractivity contribution in [3.05, 3.63) is 32.9 Å². The number of nitro groups is 1. The molecule has 0 atom stereocenters. The third-order valence-corrected chi connectivity index (χ3v) is 3.50. The van der Waals surface area contributed by atoms with E-state index in [-0.39, 0.29) is 11.5 Å². The van der Waals surface area contributed by atoms with E-state index in [1.54, 1.807) is 13.2 Å². The number of nitrogens with one attached hydrogen (secondary N) is 1. The van der Waals surface area contributed by atoms with Gasteiger partial charge in [-0.2, -0.15) is 0 Å². The topological polar surface area (TPSA) is 85.9 Å². The zero-order valence-electron chi connectivity index (χ0n) is 10.2. The highest BCUT2D eigenvalue weighted by Gasteiger charge is 2.28. The highest BCUT2D eigenvalue weighted by molar-refractivity contribution is 7.09. The first-order valence-corrected chi connectivity index (χ1v) is 6.14. The predicted molar refractivity (Wildman–Crippen MR) is 68.6 cm³/mol. The fraction of sp³-hybridized carbons (Fsp3) is 0.400. The molecule has 0 aromatic carbocycles. The van der Waals surface area contributed by atoms with Crippen LogP contribution < -0.4 is 5.32 Å². The van der Waals surface area contributed by atoms with Crippen LogP contribution in [0.2, 0.25) is 0 Å². The second kappa shape index (κ2) is 4.37. The largest absolute Gasteiger partial charge is 0.351 e. The Balaban J connectivity index is 2.32. The maximum Gasteiger partial charge on any atom is 0.330 e. The van der Waals surface area contributed by atoms with Crippen molar-refractivity contribution in [2.75, 3.05) is 5.32 Å². The van der Waals surface area contributed by atoms with Crippen molar-refractivity contribution in [3.63, 3.8) is 0 Å². The fourth-order valence-corrected chi connectivity index (χ4v) is 2.30. The Labute approximate surface area is 108 Å². The smallest absolute Gasteiger partial charge is 0.330 e. The number of hydrogen-bond donors (Lipinski definition) is 1. The van der Waals surface area contributed by atoms with Gasteiger partial charge in [-0.1, -0.05) is 0 Å². The minimum Gasteiger partial charge on any atom is -0.351 e. The maximum absolute atomic E-state index is 10.9. The third kappa shape index (κ3) is 2.33. The standard InChI is InChI=1S/C10H13N5O2S/c1-10(2,9-11-4-5-18-9)12-8-7(15(16)17)6-14(3)13-8/h4-6H,1-3H3,(H,12,13). The summed E-state index contributed by atoms with van der Waals surface area (Å²) >= 11 is 1.49. The molecule has 2 heterocycles. The van der Waals surface area contributed by atoms with Crippen LogP contribution in [0.25, 0.3) is 0 Å². The summed E-state index contributed by atoms with van der Waals surface area (Å²) in [4.78, 5) is 14.7. The highest BCUT2D eigenvalue weighted by Crippen LogP contribution is 2.30. The molecule has 96 valence electrons. The van der Waals surface area contributed by atoms with E-state index in [0.29, 0.717) is 0 Å². The van der Waals surface area contributed by atoms with Crippen molar-refractivity contribution in [2.24, 2.45) is 7.05 Å². The Kier molecular flexibility index (Phi) is 3.04. The van der Waals surface area contributed by atoms with Crippen LogP contribution in [0.1, 0.15) is 18.9 Å². The van der Waals surface area contributed by atoms with Gasteiger partial charge in [-0.15, -0.1) is 16.4 Å². The van der Waals surface area contributed by atoms with Crippen molar-refractivity contribution >= 4 is 22.8 Å². The molecule has 2 aromatic rings. The zero-order valence-corrected chi connectivity index (χ0v) is 11.1. The molecule has 1 N–H and O–H groups in total. The monoisotopic (exact) mass is 267 g/mol. The molecule has 0 bridgehead atoms. The number of hydrogen-bond acceptors (Lipinski definition) is 6. The summed E-state index contributed by atoms with van der Waals surface area (Å²) < 4.78 is 1.42. The van der Waals surface area contributed by atoms with Gasteiger partial charge in [0.15, 0.2) is 0 Å². The van der Waals surface area contributed by atoms with E-state index < -0.39 is 10.5 Å². The first-order valence-electron chi connectivity index (χ1n) is 5.26. The lowest BCUT2D eigenvalue weighted by molar-refractivity contribution is -0.384. The minimum absolute atomic E-state index is 0.0397. The van der Waals surface area contributed by atoms with Crippen LogP contribution in [0.5, 0.6) is 0 Å². The minimum atomic E-state index is -0.507. The quantitative estimate of drug-likeness (QED) is 0.677. The van der Waals surface area contributed by atoms with Gasteiger partial charge in [0.1, 0.15) is 11.2 Å². The van der Waals surface area contributed by atoms with Gasteiger partial charge < -0.3 is 5.32 Å². The van der Waals surface area contributed by atoms with Gasteiger partial charge in [0.05, 0.1) is 10.5 Å². The Morgan fingerprint density at radius 3 is 2.83 bits per heavy atom. The summed E-state index contributed by atoms with van der Waals surface area (Å²) in [6, 6.07) is 0. The van der Waals surface area contributed by atoms with E-state index in [9.17, 15) is 10.1 Å². The molecule has 2 rings (SSSR count). The van der Waals surface area contributed by atoms with Crippen LogP contribution in [0.3, 0.4) is 0 Å². The van der Waals surface area contributed by atoms with Gasteiger partial charge >= 0.3 is 5.69 Å². The van der Waals surface area contributed by atoms with E-state index in [1.807, 2.05) is 19.2 Å². The molecule has 0 radical (unpaired) electrons. The Morgan fingerprint density at radius 2 is 2.28 bits per heavy atom. The molecule has 8 heteroatoms. The fourth-order valence-electron chi connectivity index (χ4n) is 1.58. The maximum atomic E-state index is 10.9.